The molecule has 1 aliphatic heterocycles. The molecule has 0 spiro atoms. The summed E-state index contributed by atoms with van der Waals surface area (Å²) in [4.78, 5) is 13.4. The molecule has 1 saturated heterocycles. The quantitative estimate of drug-likeness (QED) is 0.911. The fraction of sp³-hybridized carbons (Fsp3) is 0.500. The Labute approximate surface area is 111 Å². The number of nitrogens with zero attached hydrogens (tertiary/aromatic N) is 1. The smallest absolute Gasteiger partial charge is 0.234 e. The second kappa shape index (κ2) is 5.65. The molecule has 19 heavy (non-hydrogen) atoms. The van der Waals surface area contributed by atoms with Crippen molar-refractivity contribution in [2.24, 2.45) is 5.73 Å². The molecule has 0 radical (unpaired) electrons. The molecule has 3 nitrogen and oxygen atoms in total. The maximum atomic E-state index is 13.3. The van der Waals surface area contributed by atoms with E-state index >= 15 is 0 Å². The summed E-state index contributed by atoms with van der Waals surface area (Å²) in [7, 11) is 0. The van der Waals surface area contributed by atoms with E-state index < -0.39 is 11.6 Å². The van der Waals surface area contributed by atoms with E-state index in [1.807, 2.05) is 11.8 Å². The third kappa shape index (κ3) is 2.92. The second-order valence-electron chi connectivity index (χ2n) is 4.93. The van der Waals surface area contributed by atoms with Crippen molar-refractivity contribution in [2.75, 3.05) is 6.54 Å². The van der Waals surface area contributed by atoms with Gasteiger partial charge in [0.05, 0.1) is 6.04 Å². The van der Waals surface area contributed by atoms with Crippen LogP contribution in [0.25, 0.3) is 0 Å². The van der Waals surface area contributed by atoms with Crippen molar-refractivity contribution in [3.8, 4) is 0 Å². The maximum Gasteiger partial charge on any atom is 0.234 e. The van der Waals surface area contributed by atoms with Gasteiger partial charge in [0, 0.05) is 12.1 Å². The van der Waals surface area contributed by atoms with Crippen LogP contribution in [0, 0.1) is 11.6 Å². The van der Waals surface area contributed by atoms with Crippen LogP contribution in [0.3, 0.4) is 0 Å². The Bertz CT molecular complexity index is 458. The Morgan fingerprint density at radius 1 is 1.42 bits per heavy atom. The zero-order valence-electron chi connectivity index (χ0n) is 10.9. The number of benzene rings is 1. The maximum absolute atomic E-state index is 13.3. The first-order chi connectivity index (χ1) is 9.02. The average molecular weight is 268 g/mol. The summed E-state index contributed by atoms with van der Waals surface area (Å²) in [5, 5.41) is 0. The molecule has 1 aromatic rings. The average Bonchev–Trinajstić information content (AvgIpc) is 2.78. The van der Waals surface area contributed by atoms with Gasteiger partial charge in [0.1, 0.15) is 11.6 Å². The first kappa shape index (κ1) is 13.9. The largest absolute Gasteiger partial charge is 0.368 e. The molecule has 0 saturated carbocycles. The van der Waals surface area contributed by atoms with Crippen LogP contribution in [0.15, 0.2) is 18.2 Å². The van der Waals surface area contributed by atoms with E-state index in [1.54, 1.807) is 0 Å². The molecule has 1 fully saturated rings. The Kier molecular flexibility index (Phi) is 4.14. The summed E-state index contributed by atoms with van der Waals surface area (Å²) in [5.74, 6) is -1.56. The molecule has 104 valence electrons. The van der Waals surface area contributed by atoms with Gasteiger partial charge in [0.15, 0.2) is 0 Å². The van der Waals surface area contributed by atoms with Crippen LogP contribution in [0.1, 0.15) is 37.8 Å². The SMILES string of the molecule is CC[C@H](c1cc(F)cc(F)c1)N1CCC[C@@H]1C(N)=O. The van der Waals surface area contributed by atoms with E-state index in [9.17, 15) is 13.6 Å². The third-order valence-electron chi connectivity index (χ3n) is 3.68. The molecule has 1 amide bonds. The molecule has 1 aromatic carbocycles. The molecule has 0 aromatic heterocycles. The van der Waals surface area contributed by atoms with Crippen molar-refractivity contribution in [2.45, 2.75) is 38.3 Å². The summed E-state index contributed by atoms with van der Waals surface area (Å²) in [6.07, 6.45) is 2.26. The fourth-order valence-corrected chi connectivity index (χ4v) is 2.90. The van der Waals surface area contributed by atoms with Crippen LogP contribution in [-0.4, -0.2) is 23.4 Å². The number of likely N-dealkylation sites (tertiary alicyclic amines) is 1. The zero-order valence-corrected chi connectivity index (χ0v) is 10.9. The van der Waals surface area contributed by atoms with Crippen LogP contribution in [0.4, 0.5) is 8.78 Å². The lowest BCUT2D eigenvalue weighted by molar-refractivity contribution is -0.123. The summed E-state index contributed by atoms with van der Waals surface area (Å²) >= 11 is 0. The van der Waals surface area contributed by atoms with E-state index in [2.05, 4.69) is 0 Å². The second-order valence-corrected chi connectivity index (χ2v) is 4.93. The van der Waals surface area contributed by atoms with Gasteiger partial charge in [-0.1, -0.05) is 6.92 Å². The Morgan fingerprint density at radius 3 is 2.58 bits per heavy atom. The Hall–Kier alpha value is -1.49. The minimum Gasteiger partial charge on any atom is -0.368 e. The number of nitrogens with two attached hydrogens (primary N) is 1. The minimum atomic E-state index is -0.594. The summed E-state index contributed by atoms with van der Waals surface area (Å²) in [5.41, 5.74) is 5.95. The normalized spacial score (nSPS) is 21.5. The standard InChI is InChI=1S/C14H18F2N2O/c1-2-12(9-6-10(15)8-11(16)7-9)18-5-3-4-13(18)14(17)19/h6-8,12-13H,2-5H2,1H3,(H2,17,19)/t12-,13-/m1/s1. The van der Waals surface area contributed by atoms with Crippen molar-refractivity contribution < 1.29 is 13.6 Å². The van der Waals surface area contributed by atoms with Crippen molar-refractivity contribution in [1.29, 1.82) is 0 Å². The van der Waals surface area contributed by atoms with Gasteiger partial charge in [-0.15, -0.1) is 0 Å². The zero-order chi connectivity index (χ0) is 14.0. The highest BCUT2D eigenvalue weighted by atomic mass is 19.1. The van der Waals surface area contributed by atoms with E-state index in [0.29, 0.717) is 18.4 Å². The van der Waals surface area contributed by atoms with Gasteiger partial charge in [0.2, 0.25) is 5.91 Å². The van der Waals surface area contributed by atoms with Gasteiger partial charge >= 0.3 is 0 Å². The highest BCUT2D eigenvalue weighted by Crippen LogP contribution is 2.32. The monoisotopic (exact) mass is 268 g/mol. The number of rotatable bonds is 4. The van der Waals surface area contributed by atoms with Crippen LogP contribution in [-0.2, 0) is 4.79 Å². The first-order valence-electron chi connectivity index (χ1n) is 6.54. The number of hydrogen-bond donors (Lipinski definition) is 1. The molecule has 2 rings (SSSR count). The highest BCUT2D eigenvalue weighted by molar-refractivity contribution is 5.80. The molecule has 1 heterocycles. The number of hydrogen-bond acceptors (Lipinski definition) is 2. The number of carbonyl (C=O) groups excluding carboxylic acids is 1. The van der Waals surface area contributed by atoms with Crippen LogP contribution in [0.5, 0.6) is 0 Å². The first-order valence-corrected chi connectivity index (χ1v) is 6.54. The topological polar surface area (TPSA) is 46.3 Å². The number of halogens is 2. The van der Waals surface area contributed by atoms with Crippen LogP contribution >= 0.6 is 0 Å². The Balaban J connectivity index is 2.31. The number of carbonyl (C=O) groups is 1. The van der Waals surface area contributed by atoms with Crippen molar-refractivity contribution in [3.63, 3.8) is 0 Å². The molecule has 0 unspecified atom stereocenters. The number of amides is 1. The molecule has 2 atom stereocenters. The van der Waals surface area contributed by atoms with Crippen LogP contribution in [0.2, 0.25) is 0 Å². The lowest BCUT2D eigenvalue weighted by atomic mass is 10.0. The third-order valence-corrected chi connectivity index (χ3v) is 3.68. The molecular formula is C14H18F2N2O. The van der Waals surface area contributed by atoms with E-state index in [0.717, 1.165) is 19.0 Å². The predicted molar refractivity (Wildman–Crippen MR) is 68.3 cm³/mol. The van der Waals surface area contributed by atoms with E-state index in [-0.39, 0.29) is 18.0 Å². The molecule has 1 aliphatic rings. The summed E-state index contributed by atoms with van der Waals surface area (Å²) in [6, 6.07) is 2.99. The predicted octanol–water partition coefficient (Wildman–Crippen LogP) is 2.37. The fourth-order valence-electron chi connectivity index (χ4n) is 2.90. The van der Waals surface area contributed by atoms with Gasteiger partial charge in [0.25, 0.3) is 0 Å². The lowest BCUT2D eigenvalue weighted by Crippen LogP contribution is -2.42. The lowest BCUT2D eigenvalue weighted by Gasteiger charge is -2.31. The summed E-state index contributed by atoms with van der Waals surface area (Å²) < 4.78 is 26.6. The van der Waals surface area contributed by atoms with Crippen molar-refractivity contribution in [1.82, 2.24) is 4.90 Å². The molecule has 0 aliphatic carbocycles. The van der Waals surface area contributed by atoms with Gasteiger partial charge < -0.3 is 5.73 Å². The Morgan fingerprint density at radius 2 is 2.05 bits per heavy atom. The van der Waals surface area contributed by atoms with Gasteiger partial charge in [-0.25, -0.2) is 8.78 Å². The number of primary amides is 1. The van der Waals surface area contributed by atoms with Crippen molar-refractivity contribution in [3.05, 3.63) is 35.4 Å². The highest BCUT2D eigenvalue weighted by Gasteiger charge is 2.34. The molecular weight excluding hydrogens is 250 g/mol. The van der Waals surface area contributed by atoms with E-state index in [4.69, 9.17) is 5.73 Å². The van der Waals surface area contributed by atoms with E-state index in [1.165, 1.54) is 12.1 Å². The molecule has 5 heteroatoms. The van der Waals surface area contributed by atoms with Crippen LogP contribution < -0.4 is 5.73 Å². The van der Waals surface area contributed by atoms with Gasteiger partial charge in [-0.3, -0.25) is 9.69 Å². The molecule has 2 N–H and O–H groups in total. The van der Waals surface area contributed by atoms with Gasteiger partial charge in [-0.2, -0.15) is 0 Å². The van der Waals surface area contributed by atoms with Gasteiger partial charge in [-0.05, 0) is 43.5 Å². The minimum absolute atomic E-state index is 0.176. The molecule has 0 bridgehead atoms. The summed E-state index contributed by atoms with van der Waals surface area (Å²) in [6.45, 7) is 2.66. The van der Waals surface area contributed by atoms with Crippen molar-refractivity contribution >= 4 is 5.91 Å².